The Morgan fingerprint density at radius 2 is 2.00 bits per heavy atom. The van der Waals surface area contributed by atoms with Crippen LogP contribution in [0.4, 0.5) is 0 Å². The Morgan fingerprint density at radius 1 is 1.33 bits per heavy atom. The first kappa shape index (κ1) is 13.7. The predicted octanol–water partition coefficient (Wildman–Crippen LogP) is 4.69. The number of rotatable bonds is 2. The molecule has 1 unspecified atom stereocenters. The van der Waals surface area contributed by atoms with Crippen LogP contribution >= 0.6 is 0 Å². The first-order chi connectivity index (χ1) is 8.32. The number of hydrogen-bond acceptors (Lipinski definition) is 0. The van der Waals surface area contributed by atoms with E-state index < -0.39 is 0 Å². The van der Waals surface area contributed by atoms with Crippen molar-refractivity contribution in [3.05, 3.63) is 23.5 Å². The Labute approximate surface area is 113 Å². The van der Waals surface area contributed by atoms with Gasteiger partial charge in [-0.2, -0.15) is 0 Å². The quantitative estimate of drug-likeness (QED) is 0.715. The summed E-state index contributed by atoms with van der Waals surface area (Å²) in [6.45, 7) is 15.5. The molecule has 0 N–H and O–H groups in total. The standard InChI is InChI=1S/C17H29N/c1-7-18-11-9-14-12-17(13(2)3,16(4,5)6)10-8-15(14)18/h9,11,13H,7-8,10,12H2,1-6H3. The van der Waals surface area contributed by atoms with Crippen molar-refractivity contribution in [1.82, 2.24) is 4.57 Å². The summed E-state index contributed by atoms with van der Waals surface area (Å²) < 4.78 is 2.43. The van der Waals surface area contributed by atoms with Crippen molar-refractivity contribution in [2.24, 2.45) is 16.7 Å². The van der Waals surface area contributed by atoms with E-state index in [1.807, 2.05) is 0 Å². The monoisotopic (exact) mass is 247 g/mol. The molecule has 1 heteroatoms. The Bertz CT molecular complexity index is 419. The van der Waals surface area contributed by atoms with E-state index in [4.69, 9.17) is 0 Å². The summed E-state index contributed by atoms with van der Waals surface area (Å²) in [6, 6.07) is 2.36. The predicted molar refractivity (Wildman–Crippen MR) is 78.9 cm³/mol. The van der Waals surface area contributed by atoms with Gasteiger partial charge < -0.3 is 4.57 Å². The number of nitrogens with zero attached hydrogens (tertiary/aromatic N) is 1. The van der Waals surface area contributed by atoms with E-state index in [1.165, 1.54) is 19.3 Å². The zero-order valence-corrected chi connectivity index (χ0v) is 13.0. The van der Waals surface area contributed by atoms with Crippen molar-refractivity contribution < 1.29 is 0 Å². The molecule has 0 saturated heterocycles. The summed E-state index contributed by atoms with van der Waals surface area (Å²) >= 11 is 0. The minimum absolute atomic E-state index is 0.382. The Kier molecular flexibility index (Phi) is 3.38. The second-order valence-electron chi connectivity index (χ2n) is 7.31. The molecule has 1 atom stereocenters. The summed E-state index contributed by atoms with van der Waals surface area (Å²) in [5, 5.41) is 0. The van der Waals surface area contributed by atoms with Crippen LogP contribution in [-0.2, 0) is 19.4 Å². The van der Waals surface area contributed by atoms with Crippen LogP contribution in [0.2, 0.25) is 0 Å². The molecule has 102 valence electrons. The third-order valence-electron chi connectivity index (χ3n) is 5.43. The highest BCUT2D eigenvalue weighted by atomic mass is 15.0. The first-order valence-corrected chi connectivity index (χ1v) is 7.48. The summed E-state index contributed by atoms with van der Waals surface area (Å²) in [7, 11) is 0. The van der Waals surface area contributed by atoms with Gasteiger partial charge in [-0.3, -0.25) is 0 Å². The molecule has 0 aliphatic heterocycles. The molecule has 0 spiro atoms. The molecule has 1 aliphatic rings. The zero-order valence-electron chi connectivity index (χ0n) is 13.0. The van der Waals surface area contributed by atoms with Gasteiger partial charge in [0.1, 0.15) is 0 Å². The number of fused-ring (bicyclic) bond motifs is 1. The van der Waals surface area contributed by atoms with E-state index in [2.05, 4.69) is 58.4 Å². The maximum atomic E-state index is 2.43. The molecule has 0 aromatic carbocycles. The fraction of sp³-hybridized carbons (Fsp3) is 0.765. The first-order valence-electron chi connectivity index (χ1n) is 7.48. The lowest BCUT2D eigenvalue weighted by atomic mass is 9.54. The van der Waals surface area contributed by atoms with Crippen molar-refractivity contribution in [2.45, 2.75) is 67.3 Å². The molecule has 1 nitrogen and oxygen atoms in total. The van der Waals surface area contributed by atoms with Crippen molar-refractivity contribution >= 4 is 0 Å². The summed E-state index contributed by atoms with van der Waals surface area (Å²) in [5.41, 5.74) is 4.04. The van der Waals surface area contributed by atoms with Crippen LogP contribution in [0.3, 0.4) is 0 Å². The zero-order chi connectivity index (χ0) is 13.6. The smallest absolute Gasteiger partial charge is 0.0207 e. The van der Waals surface area contributed by atoms with Crippen LogP contribution in [0.15, 0.2) is 12.3 Å². The minimum Gasteiger partial charge on any atom is -0.351 e. The van der Waals surface area contributed by atoms with Crippen molar-refractivity contribution in [3.63, 3.8) is 0 Å². The number of hydrogen-bond donors (Lipinski definition) is 0. The molecule has 1 aromatic rings. The van der Waals surface area contributed by atoms with Crippen LogP contribution in [0.5, 0.6) is 0 Å². The molecule has 1 aromatic heterocycles. The van der Waals surface area contributed by atoms with E-state index in [0.29, 0.717) is 10.8 Å². The molecule has 0 bridgehead atoms. The lowest BCUT2D eigenvalue weighted by Crippen LogP contribution is -2.44. The average molecular weight is 247 g/mol. The molecule has 2 rings (SSSR count). The highest BCUT2D eigenvalue weighted by Gasteiger charge is 2.46. The lowest BCUT2D eigenvalue weighted by Gasteiger charge is -2.51. The highest BCUT2D eigenvalue weighted by Crippen LogP contribution is 2.53. The largest absolute Gasteiger partial charge is 0.351 e. The van der Waals surface area contributed by atoms with Gasteiger partial charge in [0.05, 0.1) is 0 Å². The average Bonchev–Trinajstić information content (AvgIpc) is 2.68. The number of aryl methyl sites for hydroxylation is 1. The van der Waals surface area contributed by atoms with Gasteiger partial charge in [0, 0.05) is 18.4 Å². The summed E-state index contributed by atoms with van der Waals surface area (Å²) in [6.07, 6.45) is 6.14. The molecule has 0 amide bonds. The molecule has 0 fully saturated rings. The SMILES string of the molecule is CCn1ccc2c1CCC(C(C)C)(C(C)(C)C)C2. The molecule has 0 saturated carbocycles. The maximum absolute atomic E-state index is 2.43. The van der Waals surface area contributed by atoms with Crippen LogP contribution < -0.4 is 0 Å². The second-order valence-corrected chi connectivity index (χ2v) is 7.31. The normalized spacial score (nSPS) is 24.4. The van der Waals surface area contributed by atoms with Gasteiger partial charge in [0.2, 0.25) is 0 Å². The van der Waals surface area contributed by atoms with Crippen LogP contribution in [-0.4, -0.2) is 4.57 Å². The molecule has 18 heavy (non-hydrogen) atoms. The maximum Gasteiger partial charge on any atom is 0.0207 e. The summed E-state index contributed by atoms with van der Waals surface area (Å²) in [4.78, 5) is 0. The summed E-state index contributed by atoms with van der Waals surface area (Å²) in [5.74, 6) is 0.746. The fourth-order valence-electron chi connectivity index (χ4n) is 4.08. The third kappa shape index (κ3) is 1.92. The van der Waals surface area contributed by atoms with Crippen molar-refractivity contribution in [1.29, 1.82) is 0 Å². The highest BCUT2D eigenvalue weighted by molar-refractivity contribution is 5.28. The van der Waals surface area contributed by atoms with Gasteiger partial charge in [-0.1, -0.05) is 34.6 Å². The van der Waals surface area contributed by atoms with Crippen molar-refractivity contribution in [3.8, 4) is 0 Å². The van der Waals surface area contributed by atoms with E-state index >= 15 is 0 Å². The Balaban J connectivity index is 2.40. The van der Waals surface area contributed by atoms with Crippen LogP contribution in [0.25, 0.3) is 0 Å². The van der Waals surface area contributed by atoms with E-state index in [-0.39, 0.29) is 0 Å². The molecular weight excluding hydrogens is 218 g/mol. The van der Waals surface area contributed by atoms with Gasteiger partial charge in [-0.15, -0.1) is 0 Å². The lowest BCUT2D eigenvalue weighted by molar-refractivity contribution is 0.0142. The van der Waals surface area contributed by atoms with Crippen molar-refractivity contribution in [2.75, 3.05) is 0 Å². The number of aromatic nitrogens is 1. The molecule has 1 heterocycles. The van der Waals surface area contributed by atoms with Gasteiger partial charge in [0.15, 0.2) is 0 Å². The molecule has 1 aliphatic carbocycles. The van der Waals surface area contributed by atoms with E-state index in [0.717, 1.165) is 12.5 Å². The van der Waals surface area contributed by atoms with E-state index in [9.17, 15) is 0 Å². The van der Waals surface area contributed by atoms with Gasteiger partial charge in [-0.05, 0) is 54.6 Å². The molecular formula is C17H29N. The Morgan fingerprint density at radius 3 is 2.50 bits per heavy atom. The van der Waals surface area contributed by atoms with Gasteiger partial charge >= 0.3 is 0 Å². The van der Waals surface area contributed by atoms with Gasteiger partial charge in [0.25, 0.3) is 0 Å². The third-order valence-corrected chi connectivity index (χ3v) is 5.43. The second kappa shape index (κ2) is 4.43. The topological polar surface area (TPSA) is 4.93 Å². The minimum atomic E-state index is 0.382. The van der Waals surface area contributed by atoms with Gasteiger partial charge in [-0.25, -0.2) is 0 Å². The van der Waals surface area contributed by atoms with Crippen LogP contribution in [0.1, 0.15) is 59.2 Å². The Hall–Kier alpha value is -0.720. The molecule has 0 radical (unpaired) electrons. The fourth-order valence-corrected chi connectivity index (χ4v) is 4.08. The van der Waals surface area contributed by atoms with E-state index in [1.54, 1.807) is 11.3 Å². The van der Waals surface area contributed by atoms with Crippen LogP contribution in [0, 0.1) is 16.7 Å².